The van der Waals surface area contributed by atoms with Crippen LogP contribution in [-0.2, 0) is 19.5 Å². The first-order chi connectivity index (χ1) is 12.6. The van der Waals surface area contributed by atoms with Crippen LogP contribution in [0.2, 0.25) is 0 Å². The SMILES string of the molecule is CCNC(=NCc1cc(F)ccc1F)NCC1CCc2nnc(C)n2C1.I. The number of aromatic nitrogens is 3. The Morgan fingerprint density at radius 2 is 2.11 bits per heavy atom. The number of halogens is 3. The van der Waals surface area contributed by atoms with E-state index in [4.69, 9.17) is 0 Å². The Morgan fingerprint density at radius 1 is 1.30 bits per heavy atom. The van der Waals surface area contributed by atoms with Crippen LogP contribution in [0.15, 0.2) is 23.2 Å². The molecule has 0 spiro atoms. The average molecular weight is 490 g/mol. The van der Waals surface area contributed by atoms with Crippen molar-refractivity contribution in [2.45, 2.75) is 39.8 Å². The molecule has 1 aromatic carbocycles. The van der Waals surface area contributed by atoms with E-state index < -0.39 is 11.6 Å². The molecular formula is C18H25F2IN6. The van der Waals surface area contributed by atoms with Crippen molar-refractivity contribution in [3.8, 4) is 0 Å². The second-order valence-corrected chi connectivity index (χ2v) is 6.49. The lowest BCUT2D eigenvalue weighted by Crippen LogP contribution is -2.41. The molecule has 0 amide bonds. The molecule has 6 nitrogen and oxygen atoms in total. The number of nitrogens with one attached hydrogen (secondary N) is 2. The van der Waals surface area contributed by atoms with Crippen molar-refractivity contribution >= 4 is 29.9 Å². The summed E-state index contributed by atoms with van der Waals surface area (Å²) in [5.41, 5.74) is 0.240. The van der Waals surface area contributed by atoms with Gasteiger partial charge in [-0.3, -0.25) is 0 Å². The minimum absolute atomic E-state index is 0. The molecule has 0 fully saturated rings. The number of fused-ring (bicyclic) bond motifs is 1. The molecule has 1 aliphatic rings. The molecule has 3 rings (SSSR count). The highest BCUT2D eigenvalue weighted by molar-refractivity contribution is 14.0. The number of benzene rings is 1. The maximum absolute atomic E-state index is 13.7. The number of aryl methyl sites for hydroxylation is 2. The van der Waals surface area contributed by atoms with E-state index >= 15 is 0 Å². The lowest BCUT2D eigenvalue weighted by molar-refractivity contribution is 0.358. The molecule has 148 valence electrons. The number of guanidine groups is 1. The Hall–Kier alpha value is -1.78. The zero-order chi connectivity index (χ0) is 18.5. The van der Waals surface area contributed by atoms with Crippen molar-refractivity contribution in [1.29, 1.82) is 0 Å². The molecule has 2 N–H and O–H groups in total. The Bertz CT molecular complexity index is 792. The summed E-state index contributed by atoms with van der Waals surface area (Å²) in [5.74, 6) is 2.10. The van der Waals surface area contributed by atoms with Gasteiger partial charge < -0.3 is 15.2 Å². The molecule has 2 aromatic rings. The zero-order valence-corrected chi connectivity index (χ0v) is 17.8. The van der Waals surface area contributed by atoms with Crippen molar-refractivity contribution in [1.82, 2.24) is 25.4 Å². The lowest BCUT2D eigenvalue weighted by atomic mass is 9.99. The van der Waals surface area contributed by atoms with Crippen LogP contribution in [0.5, 0.6) is 0 Å². The van der Waals surface area contributed by atoms with E-state index in [1.54, 1.807) is 0 Å². The van der Waals surface area contributed by atoms with Gasteiger partial charge in [-0.15, -0.1) is 34.2 Å². The average Bonchev–Trinajstić information content (AvgIpc) is 3.00. The maximum atomic E-state index is 13.7. The number of nitrogens with zero attached hydrogens (tertiary/aromatic N) is 4. The third-order valence-corrected chi connectivity index (χ3v) is 4.55. The quantitative estimate of drug-likeness (QED) is 0.385. The highest BCUT2D eigenvalue weighted by Crippen LogP contribution is 2.19. The molecule has 0 radical (unpaired) electrons. The van der Waals surface area contributed by atoms with Crippen molar-refractivity contribution in [3.05, 3.63) is 47.0 Å². The summed E-state index contributed by atoms with van der Waals surface area (Å²) in [4.78, 5) is 4.38. The highest BCUT2D eigenvalue weighted by Gasteiger charge is 2.21. The second kappa shape index (κ2) is 9.95. The smallest absolute Gasteiger partial charge is 0.191 e. The van der Waals surface area contributed by atoms with Crippen molar-refractivity contribution in [3.63, 3.8) is 0 Å². The van der Waals surface area contributed by atoms with Gasteiger partial charge >= 0.3 is 0 Å². The summed E-state index contributed by atoms with van der Waals surface area (Å²) in [6.07, 6.45) is 1.94. The minimum Gasteiger partial charge on any atom is -0.357 e. The van der Waals surface area contributed by atoms with Gasteiger partial charge in [-0.05, 0) is 44.4 Å². The summed E-state index contributed by atoms with van der Waals surface area (Å²) in [6.45, 7) is 6.32. The van der Waals surface area contributed by atoms with Crippen LogP contribution in [0.1, 0.15) is 30.6 Å². The first-order valence-electron chi connectivity index (χ1n) is 8.91. The number of hydrogen-bond donors (Lipinski definition) is 2. The van der Waals surface area contributed by atoms with Gasteiger partial charge in [-0.2, -0.15) is 0 Å². The lowest BCUT2D eigenvalue weighted by Gasteiger charge is -2.25. The van der Waals surface area contributed by atoms with Crippen LogP contribution < -0.4 is 10.6 Å². The van der Waals surface area contributed by atoms with Gasteiger partial charge in [-0.1, -0.05) is 0 Å². The first kappa shape index (κ1) is 21.5. The van der Waals surface area contributed by atoms with Crippen molar-refractivity contribution < 1.29 is 8.78 Å². The number of rotatable bonds is 5. The fourth-order valence-electron chi connectivity index (χ4n) is 3.11. The van der Waals surface area contributed by atoms with Crippen LogP contribution >= 0.6 is 24.0 Å². The van der Waals surface area contributed by atoms with E-state index in [1.807, 2.05) is 13.8 Å². The number of aliphatic imine (C=N–C) groups is 1. The van der Waals surface area contributed by atoms with Crippen LogP contribution in [0.25, 0.3) is 0 Å². The van der Waals surface area contributed by atoms with E-state index in [0.717, 1.165) is 49.7 Å². The summed E-state index contributed by atoms with van der Waals surface area (Å²) in [5, 5.41) is 14.8. The normalized spacial score (nSPS) is 16.4. The molecule has 0 saturated carbocycles. The standard InChI is InChI=1S/C18H24F2N6.HI/c1-3-21-18(23-10-14-8-15(19)5-6-16(14)20)22-9-13-4-7-17-25-24-12(2)26(17)11-13;/h5-6,8,13H,3-4,7,9-11H2,1-2H3,(H2,21,22,23);1H. The topological polar surface area (TPSA) is 67.1 Å². The molecular weight excluding hydrogens is 465 g/mol. The van der Waals surface area contributed by atoms with Crippen molar-refractivity contribution in [2.75, 3.05) is 13.1 Å². The van der Waals surface area contributed by atoms with E-state index in [1.165, 1.54) is 6.07 Å². The molecule has 1 unspecified atom stereocenters. The Morgan fingerprint density at radius 3 is 2.89 bits per heavy atom. The predicted molar refractivity (Wildman–Crippen MR) is 111 cm³/mol. The summed E-state index contributed by atoms with van der Waals surface area (Å²) in [7, 11) is 0. The van der Waals surface area contributed by atoms with Gasteiger partial charge in [0.05, 0.1) is 6.54 Å². The van der Waals surface area contributed by atoms with Crippen LogP contribution in [-0.4, -0.2) is 33.8 Å². The van der Waals surface area contributed by atoms with Gasteiger partial charge in [0, 0.05) is 31.6 Å². The summed E-state index contributed by atoms with van der Waals surface area (Å²) < 4.78 is 29.2. The molecule has 27 heavy (non-hydrogen) atoms. The predicted octanol–water partition coefficient (Wildman–Crippen LogP) is 2.80. The molecule has 0 saturated heterocycles. The molecule has 0 bridgehead atoms. The minimum atomic E-state index is -0.461. The zero-order valence-electron chi connectivity index (χ0n) is 15.5. The first-order valence-corrected chi connectivity index (χ1v) is 8.91. The molecule has 2 heterocycles. The van der Waals surface area contributed by atoms with E-state index in [2.05, 4.69) is 30.4 Å². The maximum Gasteiger partial charge on any atom is 0.191 e. The van der Waals surface area contributed by atoms with E-state index in [-0.39, 0.29) is 36.1 Å². The Balaban J connectivity index is 0.00000261. The van der Waals surface area contributed by atoms with Gasteiger partial charge in [0.2, 0.25) is 0 Å². The van der Waals surface area contributed by atoms with Gasteiger partial charge in [0.1, 0.15) is 23.3 Å². The fraction of sp³-hybridized carbons (Fsp3) is 0.500. The molecule has 9 heteroatoms. The third kappa shape index (κ3) is 5.60. The van der Waals surface area contributed by atoms with Crippen LogP contribution in [0.4, 0.5) is 8.78 Å². The number of hydrogen-bond acceptors (Lipinski definition) is 3. The third-order valence-electron chi connectivity index (χ3n) is 4.55. The second-order valence-electron chi connectivity index (χ2n) is 6.49. The van der Waals surface area contributed by atoms with Crippen LogP contribution in [0, 0.1) is 24.5 Å². The molecule has 1 atom stereocenters. The van der Waals surface area contributed by atoms with E-state index in [9.17, 15) is 8.78 Å². The summed E-state index contributed by atoms with van der Waals surface area (Å²) in [6, 6.07) is 3.41. The van der Waals surface area contributed by atoms with Crippen LogP contribution in [0.3, 0.4) is 0 Å². The van der Waals surface area contributed by atoms with Gasteiger partial charge in [-0.25, -0.2) is 13.8 Å². The van der Waals surface area contributed by atoms with Crippen molar-refractivity contribution in [2.24, 2.45) is 10.9 Å². The van der Waals surface area contributed by atoms with Gasteiger partial charge in [0.15, 0.2) is 5.96 Å². The Labute approximate surface area is 174 Å². The van der Waals surface area contributed by atoms with Gasteiger partial charge in [0.25, 0.3) is 0 Å². The largest absolute Gasteiger partial charge is 0.357 e. The summed E-state index contributed by atoms with van der Waals surface area (Å²) >= 11 is 0. The Kier molecular flexibility index (Phi) is 7.93. The molecule has 1 aliphatic heterocycles. The fourth-order valence-corrected chi connectivity index (χ4v) is 3.11. The monoisotopic (exact) mass is 490 g/mol. The molecule has 1 aromatic heterocycles. The molecule has 0 aliphatic carbocycles. The highest BCUT2D eigenvalue weighted by atomic mass is 127. The van der Waals surface area contributed by atoms with E-state index in [0.29, 0.717) is 18.4 Å².